The zero-order valence-electron chi connectivity index (χ0n) is 11.6. The Morgan fingerprint density at radius 1 is 1.22 bits per heavy atom. The molecule has 7 heteroatoms. The minimum Gasteiger partial charge on any atom is -0.305 e. The van der Waals surface area contributed by atoms with Gasteiger partial charge in [0.15, 0.2) is 5.82 Å². The van der Waals surface area contributed by atoms with Gasteiger partial charge in [-0.2, -0.15) is 5.10 Å². The van der Waals surface area contributed by atoms with Crippen LogP contribution in [0.2, 0.25) is 5.02 Å². The first kappa shape index (κ1) is 15.7. The number of aromatic amines is 1. The fraction of sp³-hybridized carbons (Fsp3) is 0. The van der Waals surface area contributed by atoms with Gasteiger partial charge in [0, 0.05) is 16.1 Å². The molecule has 116 valence electrons. The highest BCUT2D eigenvalue weighted by atomic mass is 79.9. The van der Waals surface area contributed by atoms with Crippen LogP contribution in [0.15, 0.2) is 53.0 Å². The lowest BCUT2D eigenvalue weighted by Crippen LogP contribution is -2.13. The second-order valence-corrected chi connectivity index (χ2v) is 6.05. The maximum atomic E-state index is 13.6. The van der Waals surface area contributed by atoms with E-state index in [1.165, 1.54) is 18.2 Å². The SMILES string of the molecule is O=C(Nc1cc(-c2cc(Br)ccc2Cl)[nH]n1)c1ccccc1F. The van der Waals surface area contributed by atoms with Crippen molar-refractivity contribution >= 4 is 39.3 Å². The van der Waals surface area contributed by atoms with Gasteiger partial charge in [-0.1, -0.05) is 39.7 Å². The van der Waals surface area contributed by atoms with Crippen molar-refractivity contribution in [2.75, 3.05) is 5.32 Å². The number of amides is 1. The molecule has 0 saturated heterocycles. The van der Waals surface area contributed by atoms with Crippen LogP contribution in [0.4, 0.5) is 10.2 Å². The van der Waals surface area contributed by atoms with Crippen LogP contribution in [-0.4, -0.2) is 16.1 Å². The van der Waals surface area contributed by atoms with Gasteiger partial charge in [-0.25, -0.2) is 4.39 Å². The highest BCUT2D eigenvalue weighted by molar-refractivity contribution is 9.10. The van der Waals surface area contributed by atoms with E-state index >= 15 is 0 Å². The summed E-state index contributed by atoms with van der Waals surface area (Å²) >= 11 is 9.53. The summed E-state index contributed by atoms with van der Waals surface area (Å²) in [5, 5.41) is 9.90. The number of carbonyl (C=O) groups is 1. The smallest absolute Gasteiger partial charge is 0.259 e. The van der Waals surface area contributed by atoms with Gasteiger partial charge in [0.2, 0.25) is 0 Å². The Morgan fingerprint density at radius 2 is 2.00 bits per heavy atom. The Hall–Kier alpha value is -2.18. The van der Waals surface area contributed by atoms with E-state index in [-0.39, 0.29) is 11.4 Å². The molecule has 0 bridgehead atoms. The summed E-state index contributed by atoms with van der Waals surface area (Å²) in [6, 6.07) is 12.8. The molecule has 0 saturated carbocycles. The number of hydrogen-bond donors (Lipinski definition) is 2. The third kappa shape index (κ3) is 3.43. The summed E-state index contributed by atoms with van der Waals surface area (Å²) in [7, 11) is 0. The van der Waals surface area contributed by atoms with Crippen molar-refractivity contribution in [2.24, 2.45) is 0 Å². The lowest BCUT2D eigenvalue weighted by atomic mass is 10.1. The number of benzene rings is 2. The largest absolute Gasteiger partial charge is 0.305 e. The van der Waals surface area contributed by atoms with E-state index in [4.69, 9.17) is 11.6 Å². The maximum absolute atomic E-state index is 13.6. The summed E-state index contributed by atoms with van der Waals surface area (Å²) in [5.41, 5.74) is 1.33. The van der Waals surface area contributed by atoms with E-state index in [2.05, 4.69) is 31.4 Å². The van der Waals surface area contributed by atoms with Gasteiger partial charge in [0.25, 0.3) is 5.91 Å². The summed E-state index contributed by atoms with van der Waals surface area (Å²) in [6.07, 6.45) is 0. The van der Waals surface area contributed by atoms with Gasteiger partial charge in [-0.05, 0) is 30.3 Å². The zero-order valence-corrected chi connectivity index (χ0v) is 14.0. The van der Waals surface area contributed by atoms with Crippen molar-refractivity contribution in [1.82, 2.24) is 10.2 Å². The van der Waals surface area contributed by atoms with Crippen molar-refractivity contribution < 1.29 is 9.18 Å². The molecule has 4 nitrogen and oxygen atoms in total. The van der Waals surface area contributed by atoms with Crippen LogP contribution < -0.4 is 5.32 Å². The summed E-state index contributed by atoms with van der Waals surface area (Å²) < 4.78 is 14.5. The number of aromatic nitrogens is 2. The number of carbonyl (C=O) groups excluding carboxylic acids is 1. The molecule has 1 amide bonds. The highest BCUT2D eigenvalue weighted by Gasteiger charge is 2.14. The molecule has 0 radical (unpaired) electrons. The van der Waals surface area contributed by atoms with Gasteiger partial charge >= 0.3 is 0 Å². The average Bonchev–Trinajstić information content (AvgIpc) is 2.98. The van der Waals surface area contributed by atoms with Crippen LogP contribution >= 0.6 is 27.5 Å². The van der Waals surface area contributed by atoms with E-state index in [0.717, 1.165) is 10.0 Å². The normalized spacial score (nSPS) is 10.6. The van der Waals surface area contributed by atoms with Crippen LogP contribution in [0.25, 0.3) is 11.3 Å². The van der Waals surface area contributed by atoms with E-state index in [0.29, 0.717) is 10.7 Å². The molecular formula is C16H10BrClFN3O. The maximum Gasteiger partial charge on any atom is 0.259 e. The Balaban J connectivity index is 1.84. The van der Waals surface area contributed by atoms with E-state index in [1.807, 2.05) is 12.1 Å². The quantitative estimate of drug-likeness (QED) is 0.665. The third-order valence-electron chi connectivity index (χ3n) is 3.16. The van der Waals surface area contributed by atoms with Crippen LogP contribution in [-0.2, 0) is 0 Å². The van der Waals surface area contributed by atoms with Crippen molar-refractivity contribution in [3.8, 4) is 11.3 Å². The summed E-state index contributed by atoms with van der Waals surface area (Å²) in [4.78, 5) is 12.1. The lowest BCUT2D eigenvalue weighted by Gasteiger charge is -2.03. The molecule has 0 aliphatic rings. The number of rotatable bonds is 3. The molecular weight excluding hydrogens is 385 g/mol. The number of nitrogens with zero attached hydrogens (tertiary/aromatic N) is 1. The van der Waals surface area contributed by atoms with Gasteiger partial charge in [0.1, 0.15) is 5.82 Å². The van der Waals surface area contributed by atoms with Crippen molar-refractivity contribution in [2.45, 2.75) is 0 Å². The molecule has 23 heavy (non-hydrogen) atoms. The Bertz CT molecular complexity index is 881. The first-order valence-electron chi connectivity index (χ1n) is 6.61. The molecule has 3 aromatic rings. The second kappa shape index (κ2) is 6.52. The van der Waals surface area contributed by atoms with E-state index in [1.54, 1.807) is 18.2 Å². The first-order valence-corrected chi connectivity index (χ1v) is 7.78. The summed E-state index contributed by atoms with van der Waals surface area (Å²) in [5.74, 6) is -0.874. The predicted octanol–water partition coefficient (Wildman–Crippen LogP) is 4.88. The molecule has 0 spiro atoms. The minimum absolute atomic E-state index is 0.0439. The fourth-order valence-electron chi connectivity index (χ4n) is 2.06. The minimum atomic E-state index is -0.587. The average molecular weight is 395 g/mol. The lowest BCUT2D eigenvalue weighted by molar-refractivity contribution is 0.102. The van der Waals surface area contributed by atoms with Crippen LogP contribution in [0.3, 0.4) is 0 Å². The predicted molar refractivity (Wildman–Crippen MR) is 91.1 cm³/mol. The molecule has 3 rings (SSSR count). The van der Waals surface area contributed by atoms with Crippen LogP contribution in [0.5, 0.6) is 0 Å². The fourth-order valence-corrected chi connectivity index (χ4v) is 2.64. The van der Waals surface area contributed by atoms with Gasteiger partial charge < -0.3 is 5.32 Å². The van der Waals surface area contributed by atoms with E-state index < -0.39 is 11.7 Å². The van der Waals surface area contributed by atoms with Gasteiger partial charge in [-0.3, -0.25) is 9.89 Å². The number of halogens is 3. The molecule has 1 heterocycles. The monoisotopic (exact) mass is 393 g/mol. The van der Waals surface area contributed by atoms with Crippen molar-refractivity contribution in [3.05, 3.63) is 69.4 Å². The third-order valence-corrected chi connectivity index (χ3v) is 3.98. The van der Waals surface area contributed by atoms with Crippen LogP contribution in [0, 0.1) is 5.82 Å². The molecule has 1 aromatic heterocycles. The van der Waals surface area contributed by atoms with E-state index in [9.17, 15) is 9.18 Å². The van der Waals surface area contributed by atoms with Crippen molar-refractivity contribution in [1.29, 1.82) is 0 Å². The highest BCUT2D eigenvalue weighted by Crippen LogP contribution is 2.30. The topological polar surface area (TPSA) is 57.8 Å². The van der Waals surface area contributed by atoms with Crippen LogP contribution in [0.1, 0.15) is 10.4 Å². The Labute approximate surface area is 144 Å². The second-order valence-electron chi connectivity index (χ2n) is 4.72. The molecule has 0 aliphatic carbocycles. The summed E-state index contributed by atoms with van der Waals surface area (Å²) in [6.45, 7) is 0. The number of H-pyrrole nitrogens is 1. The zero-order chi connectivity index (χ0) is 16.4. The van der Waals surface area contributed by atoms with Gasteiger partial charge in [-0.15, -0.1) is 0 Å². The molecule has 2 N–H and O–H groups in total. The molecule has 0 unspecified atom stereocenters. The first-order chi connectivity index (χ1) is 11.0. The number of anilines is 1. The Kier molecular flexibility index (Phi) is 4.45. The standard InChI is InChI=1S/C16H10BrClFN3O/c17-9-5-6-12(18)11(7-9)14-8-15(22-21-14)20-16(23)10-3-1-2-4-13(10)19/h1-8H,(H2,20,21,22,23). The number of nitrogens with one attached hydrogen (secondary N) is 2. The van der Waals surface area contributed by atoms with Gasteiger partial charge in [0.05, 0.1) is 16.3 Å². The molecule has 2 aromatic carbocycles. The molecule has 0 fully saturated rings. The molecule has 0 aliphatic heterocycles. The Morgan fingerprint density at radius 3 is 2.78 bits per heavy atom. The van der Waals surface area contributed by atoms with Crippen molar-refractivity contribution in [3.63, 3.8) is 0 Å². The number of hydrogen-bond acceptors (Lipinski definition) is 2. The molecule has 0 atom stereocenters.